The zero-order valence-electron chi connectivity index (χ0n) is 11.1. The highest BCUT2D eigenvalue weighted by molar-refractivity contribution is 5.16. The lowest BCUT2D eigenvalue weighted by molar-refractivity contribution is -0.141. The van der Waals surface area contributed by atoms with Gasteiger partial charge < -0.3 is 0 Å². The van der Waals surface area contributed by atoms with Gasteiger partial charge in [0, 0.05) is 19.2 Å². The summed E-state index contributed by atoms with van der Waals surface area (Å²) in [5.74, 6) is 0.742. The van der Waals surface area contributed by atoms with Gasteiger partial charge >= 0.3 is 11.9 Å². The third kappa shape index (κ3) is 2.70. The molecule has 8 heteroatoms. The van der Waals surface area contributed by atoms with E-state index in [9.17, 15) is 18.0 Å². The Morgan fingerprint density at radius 2 is 2.05 bits per heavy atom. The molecule has 21 heavy (non-hydrogen) atoms. The first-order valence-electron chi connectivity index (χ1n) is 6.64. The van der Waals surface area contributed by atoms with E-state index in [1.165, 1.54) is 10.7 Å². The highest BCUT2D eigenvalue weighted by Crippen LogP contribution is 2.27. The van der Waals surface area contributed by atoms with Crippen LogP contribution in [0.5, 0.6) is 0 Å². The van der Waals surface area contributed by atoms with Crippen molar-refractivity contribution >= 4 is 0 Å². The summed E-state index contributed by atoms with van der Waals surface area (Å²) in [6.07, 6.45) is -0.622. The van der Waals surface area contributed by atoms with Crippen LogP contribution in [-0.2, 0) is 25.7 Å². The van der Waals surface area contributed by atoms with Gasteiger partial charge in [0.05, 0.1) is 6.54 Å². The average molecular weight is 298 g/mol. The van der Waals surface area contributed by atoms with Crippen LogP contribution in [0.4, 0.5) is 13.2 Å². The maximum Gasteiger partial charge on any atom is 0.433 e. The number of pyridine rings is 1. The zero-order chi connectivity index (χ0) is 15.0. The molecule has 112 valence electrons. The van der Waals surface area contributed by atoms with Crippen LogP contribution in [-0.4, -0.2) is 19.3 Å². The summed E-state index contributed by atoms with van der Waals surface area (Å²) >= 11 is 0. The molecule has 0 bridgehead atoms. The Bertz CT molecular complexity index is 700. The third-order valence-corrected chi connectivity index (χ3v) is 3.48. The molecule has 0 saturated heterocycles. The first kappa shape index (κ1) is 13.8. The molecular formula is C13H13F3N4O. The molecule has 3 heterocycles. The van der Waals surface area contributed by atoms with E-state index in [0.717, 1.165) is 37.4 Å². The number of rotatable bonds is 2. The largest absolute Gasteiger partial charge is 0.433 e. The average Bonchev–Trinajstić information content (AvgIpc) is 2.76. The molecular weight excluding hydrogens is 285 g/mol. The SMILES string of the molecule is O=c1n(Cc2ccc(C(F)(F)F)nc2)nc2n1CCCC2. The van der Waals surface area contributed by atoms with Crippen LogP contribution in [0.2, 0.25) is 0 Å². The van der Waals surface area contributed by atoms with Crippen LogP contribution in [0, 0.1) is 0 Å². The van der Waals surface area contributed by atoms with E-state index in [4.69, 9.17) is 0 Å². The first-order valence-corrected chi connectivity index (χ1v) is 6.64. The van der Waals surface area contributed by atoms with Gasteiger partial charge in [0.1, 0.15) is 11.5 Å². The van der Waals surface area contributed by atoms with E-state index in [-0.39, 0.29) is 12.2 Å². The maximum absolute atomic E-state index is 12.4. The van der Waals surface area contributed by atoms with Crippen molar-refractivity contribution in [2.45, 2.75) is 38.5 Å². The van der Waals surface area contributed by atoms with Crippen molar-refractivity contribution in [3.63, 3.8) is 0 Å². The lowest BCUT2D eigenvalue weighted by Crippen LogP contribution is -2.27. The quantitative estimate of drug-likeness (QED) is 0.850. The minimum atomic E-state index is -4.46. The van der Waals surface area contributed by atoms with Crippen molar-refractivity contribution in [2.75, 3.05) is 0 Å². The molecule has 0 aliphatic carbocycles. The van der Waals surface area contributed by atoms with Crippen molar-refractivity contribution in [3.05, 3.63) is 45.9 Å². The lowest BCUT2D eigenvalue weighted by atomic mass is 10.2. The highest BCUT2D eigenvalue weighted by Gasteiger charge is 2.32. The number of alkyl halides is 3. The summed E-state index contributed by atoms with van der Waals surface area (Å²) in [4.78, 5) is 15.5. The molecule has 3 rings (SSSR count). The van der Waals surface area contributed by atoms with Gasteiger partial charge in [-0.1, -0.05) is 6.07 Å². The standard InChI is InChI=1S/C13H13F3N4O/c14-13(15,16)10-5-4-9(7-17-10)8-20-12(21)19-6-2-1-3-11(19)18-20/h4-5,7H,1-3,6,8H2. The van der Waals surface area contributed by atoms with Crippen LogP contribution in [0.3, 0.4) is 0 Å². The van der Waals surface area contributed by atoms with Crippen molar-refractivity contribution < 1.29 is 13.2 Å². The van der Waals surface area contributed by atoms with Gasteiger partial charge in [-0.2, -0.15) is 18.3 Å². The number of aromatic nitrogens is 4. The van der Waals surface area contributed by atoms with E-state index in [1.54, 1.807) is 4.57 Å². The summed E-state index contributed by atoms with van der Waals surface area (Å²) in [5.41, 5.74) is -0.645. The second kappa shape index (κ2) is 5.01. The van der Waals surface area contributed by atoms with Crippen molar-refractivity contribution in [1.29, 1.82) is 0 Å². The van der Waals surface area contributed by atoms with Crippen molar-refractivity contribution in [2.24, 2.45) is 0 Å². The minimum Gasteiger partial charge on any atom is -0.279 e. The number of nitrogens with zero attached hydrogens (tertiary/aromatic N) is 4. The molecule has 0 radical (unpaired) electrons. The third-order valence-electron chi connectivity index (χ3n) is 3.48. The maximum atomic E-state index is 12.4. The van der Waals surface area contributed by atoms with E-state index >= 15 is 0 Å². The fourth-order valence-electron chi connectivity index (χ4n) is 2.41. The lowest BCUT2D eigenvalue weighted by Gasteiger charge is -2.09. The summed E-state index contributed by atoms with van der Waals surface area (Å²) in [7, 11) is 0. The Morgan fingerprint density at radius 1 is 1.24 bits per heavy atom. The Hall–Kier alpha value is -2.12. The Labute approximate surface area is 118 Å². The van der Waals surface area contributed by atoms with E-state index < -0.39 is 11.9 Å². The minimum absolute atomic E-state index is 0.129. The number of hydrogen-bond acceptors (Lipinski definition) is 3. The van der Waals surface area contributed by atoms with Crippen molar-refractivity contribution in [3.8, 4) is 0 Å². The van der Waals surface area contributed by atoms with E-state index in [1.807, 2.05) is 0 Å². The van der Waals surface area contributed by atoms with Crippen LogP contribution >= 0.6 is 0 Å². The van der Waals surface area contributed by atoms with Gasteiger partial charge in [-0.05, 0) is 24.5 Å². The van der Waals surface area contributed by atoms with E-state index in [2.05, 4.69) is 10.1 Å². The van der Waals surface area contributed by atoms with Gasteiger partial charge in [-0.15, -0.1) is 0 Å². The fourth-order valence-corrected chi connectivity index (χ4v) is 2.41. The molecule has 0 aromatic carbocycles. The number of fused-ring (bicyclic) bond motifs is 1. The predicted octanol–water partition coefficient (Wildman–Crippen LogP) is 1.84. The van der Waals surface area contributed by atoms with E-state index in [0.29, 0.717) is 12.1 Å². The molecule has 0 unspecified atom stereocenters. The molecule has 2 aromatic rings. The Kier molecular flexibility index (Phi) is 3.30. The van der Waals surface area contributed by atoms with Crippen LogP contribution < -0.4 is 5.69 Å². The molecule has 0 fully saturated rings. The van der Waals surface area contributed by atoms with Gasteiger partial charge in [0.15, 0.2) is 0 Å². The molecule has 0 saturated carbocycles. The molecule has 0 spiro atoms. The Morgan fingerprint density at radius 3 is 2.67 bits per heavy atom. The summed E-state index contributed by atoms with van der Waals surface area (Å²) in [6, 6.07) is 2.23. The normalized spacial score (nSPS) is 15.0. The molecule has 1 aliphatic heterocycles. The second-order valence-electron chi connectivity index (χ2n) is 5.01. The fraction of sp³-hybridized carbons (Fsp3) is 0.462. The van der Waals surface area contributed by atoms with Crippen molar-refractivity contribution in [1.82, 2.24) is 19.3 Å². The predicted molar refractivity (Wildman–Crippen MR) is 67.8 cm³/mol. The molecule has 5 nitrogen and oxygen atoms in total. The number of aryl methyl sites for hydroxylation is 1. The van der Waals surface area contributed by atoms with Gasteiger partial charge in [-0.25, -0.2) is 9.48 Å². The molecule has 2 aromatic heterocycles. The number of hydrogen-bond donors (Lipinski definition) is 0. The summed E-state index contributed by atoms with van der Waals surface area (Å²) in [5, 5.41) is 4.23. The van der Waals surface area contributed by atoms with Crippen LogP contribution in [0.15, 0.2) is 23.1 Å². The van der Waals surface area contributed by atoms with Gasteiger partial charge in [0.2, 0.25) is 0 Å². The van der Waals surface area contributed by atoms with Gasteiger partial charge in [0.25, 0.3) is 0 Å². The smallest absolute Gasteiger partial charge is 0.279 e. The summed E-state index contributed by atoms with van der Waals surface area (Å²) in [6.45, 7) is 0.781. The topological polar surface area (TPSA) is 52.7 Å². The van der Waals surface area contributed by atoms with Crippen LogP contribution in [0.25, 0.3) is 0 Å². The summed E-state index contributed by atoms with van der Waals surface area (Å²) < 4.78 is 40.2. The first-order chi connectivity index (χ1) is 9.95. The monoisotopic (exact) mass is 298 g/mol. The highest BCUT2D eigenvalue weighted by atomic mass is 19.4. The molecule has 0 N–H and O–H groups in total. The Balaban J connectivity index is 1.84. The molecule has 0 atom stereocenters. The van der Waals surface area contributed by atoms with Crippen LogP contribution in [0.1, 0.15) is 29.9 Å². The zero-order valence-corrected chi connectivity index (χ0v) is 11.1. The second-order valence-corrected chi connectivity index (χ2v) is 5.01. The van der Waals surface area contributed by atoms with Gasteiger partial charge in [-0.3, -0.25) is 9.55 Å². The number of halogens is 3. The molecule has 0 amide bonds. The molecule has 1 aliphatic rings.